The minimum absolute atomic E-state index is 0.0658. The molecule has 0 aliphatic rings. The van der Waals surface area contributed by atoms with Crippen LogP contribution in [-0.2, 0) is 21.4 Å². The van der Waals surface area contributed by atoms with Gasteiger partial charge in [0.1, 0.15) is 0 Å². The van der Waals surface area contributed by atoms with Gasteiger partial charge in [0.25, 0.3) is 0 Å². The Morgan fingerprint density at radius 3 is 2.54 bits per heavy atom. The van der Waals surface area contributed by atoms with Crippen molar-refractivity contribution < 1.29 is 13.2 Å². The summed E-state index contributed by atoms with van der Waals surface area (Å²) in [5.41, 5.74) is 1.52. The van der Waals surface area contributed by atoms with Crippen LogP contribution in [0.4, 0.5) is 0 Å². The number of amides is 1. The lowest BCUT2D eigenvalue weighted by Crippen LogP contribution is -2.30. The Morgan fingerprint density at radius 1 is 1.29 bits per heavy atom. The third-order valence-corrected chi connectivity index (χ3v) is 7.80. The summed E-state index contributed by atoms with van der Waals surface area (Å²) in [6.07, 6.45) is 2.01. The number of carbonyl (C=O) groups is 1. The lowest BCUT2D eigenvalue weighted by atomic mass is 10.3. The molecule has 7 nitrogen and oxygen atoms in total. The molecule has 156 valence electrons. The number of hydrogen-bond acceptors (Lipinski definition) is 5. The van der Waals surface area contributed by atoms with E-state index in [4.69, 9.17) is 0 Å². The third-order valence-electron chi connectivity index (χ3n) is 4.66. The van der Waals surface area contributed by atoms with Crippen molar-refractivity contribution in [2.75, 3.05) is 20.1 Å². The van der Waals surface area contributed by atoms with Crippen LogP contribution < -0.4 is 5.32 Å². The van der Waals surface area contributed by atoms with Crippen LogP contribution in [-0.4, -0.2) is 53.6 Å². The molecule has 0 aliphatic heterocycles. The monoisotopic (exact) mass is 426 g/mol. The molecule has 0 bridgehead atoms. The van der Waals surface area contributed by atoms with Crippen LogP contribution in [0.5, 0.6) is 0 Å². The zero-order valence-electron chi connectivity index (χ0n) is 17.2. The minimum Gasteiger partial charge on any atom is -0.358 e. The first-order valence-electron chi connectivity index (χ1n) is 9.68. The molecule has 1 aromatic carbocycles. The number of aryl methyl sites for hydroxylation is 1. The van der Waals surface area contributed by atoms with Gasteiger partial charge in [0.15, 0.2) is 5.16 Å². The van der Waals surface area contributed by atoms with E-state index in [1.807, 2.05) is 26.8 Å². The Morgan fingerprint density at radius 2 is 1.96 bits per heavy atom. The van der Waals surface area contributed by atoms with E-state index in [2.05, 4.69) is 21.8 Å². The van der Waals surface area contributed by atoms with E-state index in [0.29, 0.717) is 18.6 Å². The molecule has 1 N–H and O–H groups in total. The summed E-state index contributed by atoms with van der Waals surface area (Å²) in [6, 6.07) is 5.11. The van der Waals surface area contributed by atoms with Crippen LogP contribution in [0.3, 0.4) is 0 Å². The number of nitrogens with one attached hydrogen (secondary N) is 1. The number of unbranched alkanes of at least 4 members (excludes halogenated alkanes) is 1. The Bertz CT molecular complexity index is 921. The molecule has 0 aliphatic carbocycles. The fourth-order valence-corrected chi connectivity index (χ4v) is 5.49. The van der Waals surface area contributed by atoms with Gasteiger partial charge in [-0.05, 0) is 31.5 Å². The molecule has 2 aromatic rings. The van der Waals surface area contributed by atoms with Gasteiger partial charge in [-0.15, -0.1) is 0 Å². The maximum absolute atomic E-state index is 12.8. The van der Waals surface area contributed by atoms with Crippen molar-refractivity contribution in [1.82, 2.24) is 19.2 Å². The number of hydrogen-bond donors (Lipinski definition) is 1. The standard InChI is InChI=1S/C19H30N4O3S2/c1-6-9-12-23-17-11-10-15(28(25,26)22(7-2)8-3)13-16(17)21-19(23)27-14(4)18(24)20-5/h10-11,13-14H,6-9,12H2,1-5H3,(H,20,24). The number of fused-ring (bicyclic) bond motifs is 1. The molecule has 28 heavy (non-hydrogen) atoms. The third kappa shape index (κ3) is 4.69. The van der Waals surface area contributed by atoms with Crippen LogP contribution in [0.25, 0.3) is 11.0 Å². The average molecular weight is 427 g/mol. The topological polar surface area (TPSA) is 84.3 Å². The fraction of sp³-hybridized carbons (Fsp3) is 0.579. The van der Waals surface area contributed by atoms with Crippen molar-refractivity contribution in [3.63, 3.8) is 0 Å². The molecule has 0 spiro atoms. The molecular weight excluding hydrogens is 396 g/mol. The molecular formula is C19H30N4O3S2. The maximum Gasteiger partial charge on any atom is 0.243 e. The lowest BCUT2D eigenvalue weighted by molar-refractivity contribution is -0.119. The number of aromatic nitrogens is 2. The van der Waals surface area contributed by atoms with Crippen LogP contribution in [0.2, 0.25) is 0 Å². The van der Waals surface area contributed by atoms with Crippen molar-refractivity contribution >= 4 is 38.7 Å². The maximum atomic E-state index is 12.8. The van der Waals surface area contributed by atoms with E-state index in [9.17, 15) is 13.2 Å². The van der Waals surface area contributed by atoms with Crippen LogP contribution >= 0.6 is 11.8 Å². The van der Waals surface area contributed by atoms with Crippen LogP contribution in [0.15, 0.2) is 28.3 Å². The quantitative estimate of drug-likeness (QED) is 0.590. The van der Waals surface area contributed by atoms with Gasteiger partial charge in [0.05, 0.1) is 21.2 Å². The number of imidazole rings is 1. The molecule has 1 unspecified atom stereocenters. The van der Waals surface area contributed by atoms with E-state index < -0.39 is 10.0 Å². The molecule has 1 amide bonds. The van der Waals surface area contributed by atoms with Crippen molar-refractivity contribution in [2.24, 2.45) is 0 Å². The fourth-order valence-electron chi connectivity index (χ4n) is 3.00. The van der Waals surface area contributed by atoms with Gasteiger partial charge in [0.2, 0.25) is 15.9 Å². The highest BCUT2D eigenvalue weighted by atomic mass is 32.2. The number of rotatable bonds is 10. The first kappa shape index (κ1) is 22.7. The second-order valence-corrected chi connectivity index (χ2v) is 9.76. The van der Waals surface area contributed by atoms with Crippen LogP contribution in [0, 0.1) is 0 Å². The number of thioether (sulfide) groups is 1. The normalized spacial score (nSPS) is 13.2. The Balaban J connectivity index is 2.51. The summed E-state index contributed by atoms with van der Waals surface area (Å²) in [5, 5.41) is 3.10. The number of sulfonamides is 1. The van der Waals surface area contributed by atoms with Gasteiger partial charge in [0, 0.05) is 26.7 Å². The second-order valence-electron chi connectivity index (χ2n) is 6.51. The predicted molar refractivity (Wildman–Crippen MR) is 114 cm³/mol. The van der Waals surface area contributed by atoms with Gasteiger partial charge >= 0.3 is 0 Å². The molecule has 1 atom stereocenters. The summed E-state index contributed by atoms with van der Waals surface area (Å²) in [6.45, 7) is 9.23. The summed E-state index contributed by atoms with van der Waals surface area (Å²) < 4.78 is 29.2. The molecule has 0 saturated heterocycles. The number of nitrogens with zero attached hydrogens (tertiary/aromatic N) is 3. The number of benzene rings is 1. The Labute approximate surface area is 171 Å². The highest BCUT2D eigenvalue weighted by Crippen LogP contribution is 2.30. The van der Waals surface area contributed by atoms with Crippen molar-refractivity contribution in [2.45, 2.75) is 62.4 Å². The first-order chi connectivity index (χ1) is 13.3. The van der Waals surface area contributed by atoms with E-state index >= 15 is 0 Å². The predicted octanol–water partition coefficient (Wildman–Crippen LogP) is 3.09. The molecule has 1 aromatic heterocycles. The van der Waals surface area contributed by atoms with Gasteiger partial charge in [-0.1, -0.05) is 39.0 Å². The summed E-state index contributed by atoms with van der Waals surface area (Å²) >= 11 is 1.39. The van der Waals surface area contributed by atoms with E-state index in [-0.39, 0.29) is 16.1 Å². The summed E-state index contributed by atoms with van der Waals surface area (Å²) in [4.78, 5) is 16.8. The average Bonchev–Trinajstić information content (AvgIpc) is 3.02. The molecule has 1 heterocycles. The highest BCUT2D eigenvalue weighted by molar-refractivity contribution is 8.00. The van der Waals surface area contributed by atoms with Crippen molar-refractivity contribution in [3.05, 3.63) is 18.2 Å². The zero-order valence-corrected chi connectivity index (χ0v) is 18.9. The Hall–Kier alpha value is -1.58. The molecule has 0 saturated carbocycles. The zero-order chi connectivity index (χ0) is 20.9. The van der Waals surface area contributed by atoms with Gasteiger partial charge in [-0.3, -0.25) is 4.79 Å². The second kappa shape index (κ2) is 9.76. The molecule has 0 fully saturated rings. The van der Waals surface area contributed by atoms with E-state index in [1.54, 1.807) is 19.2 Å². The molecule has 0 radical (unpaired) electrons. The van der Waals surface area contributed by atoms with E-state index in [0.717, 1.165) is 30.1 Å². The van der Waals surface area contributed by atoms with Gasteiger partial charge in [-0.25, -0.2) is 13.4 Å². The van der Waals surface area contributed by atoms with Crippen LogP contribution in [0.1, 0.15) is 40.5 Å². The SMILES string of the molecule is CCCCn1c(SC(C)C(=O)NC)nc2cc(S(=O)(=O)N(CC)CC)ccc21. The van der Waals surface area contributed by atoms with Gasteiger partial charge < -0.3 is 9.88 Å². The van der Waals surface area contributed by atoms with E-state index in [1.165, 1.54) is 16.1 Å². The number of carbonyl (C=O) groups excluding carboxylic acids is 1. The smallest absolute Gasteiger partial charge is 0.243 e. The highest BCUT2D eigenvalue weighted by Gasteiger charge is 2.24. The summed E-state index contributed by atoms with van der Waals surface area (Å²) in [5.74, 6) is -0.0658. The lowest BCUT2D eigenvalue weighted by Gasteiger charge is -2.18. The Kier molecular flexibility index (Phi) is 7.91. The molecule has 9 heteroatoms. The minimum atomic E-state index is -3.54. The van der Waals surface area contributed by atoms with Gasteiger partial charge in [-0.2, -0.15) is 4.31 Å². The van der Waals surface area contributed by atoms with Crippen molar-refractivity contribution in [3.8, 4) is 0 Å². The first-order valence-corrected chi connectivity index (χ1v) is 12.0. The molecule has 2 rings (SSSR count). The van der Waals surface area contributed by atoms with Crippen molar-refractivity contribution in [1.29, 1.82) is 0 Å². The largest absolute Gasteiger partial charge is 0.358 e. The summed E-state index contributed by atoms with van der Waals surface area (Å²) in [7, 11) is -1.93.